The molecule has 0 saturated carbocycles. The van der Waals surface area contributed by atoms with Gasteiger partial charge in [0.15, 0.2) is 0 Å². The predicted octanol–water partition coefficient (Wildman–Crippen LogP) is 3.30. The Balaban J connectivity index is 2.11. The van der Waals surface area contributed by atoms with Crippen molar-refractivity contribution in [3.8, 4) is 5.75 Å². The predicted molar refractivity (Wildman–Crippen MR) is 90.6 cm³/mol. The van der Waals surface area contributed by atoms with Crippen LogP contribution in [0.5, 0.6) is 5.75 Å². The molecule has 1 heterocycles. The average Bonchev–Trinajstić information content (AvgIpc) is 2.55. The molecular weight excluding hydrogens is 292 g/mol. The fourth-order valence-electron chi connectivity index (χ4n) is 2.38. The summed E-state index contributed by atoms with van der Waals surface area (Å²) >= 11 is 0. The van der Waals surface area contributed by atoms with Crippen molar-refractivity contribution in [2.24, 2.45) is 0 Å². The molecule has 0 aliphatic heterocycles. The number of hydrogen-bond acceptors (Lipinski definition) is 4. The summed E-state index contributed by atoms with van der Waals surface area (Å²) in [7, 11) is 1.52. The van der Waals surface area contributed by atoms with E-state index in [1.54, 1.807) is 24.3 Å². The van der Waals surface area contributed by atoms with E-state index in [1.165, 1.54) is 13.2 Å². The molecule has 2 N–H and O–H groups in total. The standard InChI is InChI=1S/C18H16N2O3/c1-11-7-8-13-14(9-11)20-18(22)15(19-13)10-16(21)12-5-3-4-6-17(12)23-2/h3-10,21H,1-2H3,(H,20,22)/b16-10+. The Hall–Kier alpha value is -3.08. The molecule has 0 aliphatic carbocycles. The van der Waals surface area contributed by atoms with Crippen LogP contribution in [0, 0.1) is 6.92 Å². The van der Waals surface area contributed by atoms with Crippen molar-refractivity contribution in [1.29, 1.82) is 0 Å². The maximum Gasteiger partial charge on any atom is 0.274 e. The third-order valence-electron chi connectivity index (χ3n) is 3.53. The van der Waals surface area contributed by atoms with Crippen LogP contribution < -0.4 is 10.3 Å². The van der Waals surface area contributed by atoms with Gasteiger partial charge >= 0.3 is 0 Å². The molecule has 0 amide bonds. The molecule has 0 atom stereocenters. The van der Waals surface area contributed by atoms with Gasteiger partial charge in [-0.25, -0.2) is 4.98 Å². The Morgan fingerprint density at radius 3 is 2.83 bits per heavy atom. The second-order valence-electron chi connectivity index (χ2n) is 5.20. The second-order valence-corrected chi connectivity index (χ2v) is 5.20. The SMILES string of the molecule is COc1ccccc1/C(O)=C\c1nc2ccc(C)cc2[nH]c1=O. The number of H-pyrrole nitrogens is 1. The van der Waals surface area contributed by atoms with Crippen molar-refractivity contribution in [1.82, 2.24) is 9.97 Å². The first-order valence-corrected chi connectivity index (χ1v) is 7.13. The topological polar surface area (TPSA) is 75.2 Å². The number of aromatic nitrogens is 2. The summed E-state index contributed by atoms with van der Waals surface area (Å²) < 4.78 is 5.21. The summed E-state index contributed by atoms with van der Waals surface area (Å²) in [4.78, 5) is 19.3. The van der Waals surface area contributed by atoms with Gasteiger partial charge in [0.05, 0.1) is 23.7 Å². The zero-order valence-electron chi connectivity index (χ0n) is 12.8. The first-order chi connectivity index (χ1) is 11.1. The smallest absolute Gasteiger partial charge is 0.274 e. The van der Waals surface area contributed by atoms with Crippen molar-refractivity contribution in [2.75, 3.05) is 7.11 Å². The van der Waals surface area contributed by atoms with Gasteiger partial charge in [0.1, 0.15) is 17.2 Å². The van der Waals surface area contributed by atoms with Gasteiger partial charge in [0.2, 0.25) is 0 Å². The molecule has 1 aromatic heterocycles. The van der Waals surface area contributed by atoms with E-state index < -0.39 is 0 Å². The van der Waals surface area contributed by atoms with Gasteiger partial charge in [-0.05, 0) is 36.8 Å². The quantitative estimate of drug-likeness (QED) is 0.728. The van der Waals surface area contributed by atoms with Crippen LogP contribution in [0.25, 0.3) is 22.9 Å². The molecule has 23 heavy (non-hydrogen) atoms. The molecule has 0 radical (unpaired) electrons. The van der Waals surface area contributed by atoms with Crippen molar-refractivity contribution >= 4 is 22.9 Å². The normalized spacial score (nSPS) is 11.7. The largest absolute Gasteiger partial charge is 0.507 e. The molecule has 5 nitrogen and oxygen atoms in total. The minimum atomic E-state index is -0.357. The third-order valence-corrected chi connectivity index (χ3v) is 3.53. The summed E-state index contributed by atoms with van der Waals surface area (Å²) in [5.74, 6) is 0.445. The van der Waals surface area contributed by atoms with Gasteiger partial charge < -0.3 is 14.8 Å². The Kier molecular flexibility index (Phi) is 3.85. The molecule has 0 aliphatic rings. The monoisotopic (exact) mass is 308 g/mol. The lowest BCUT2D eigenvalue weighted by Crippen LogP contribution is -2.12. The molecule has 116 valence electrons. The second kappa shape index (κ2) is 5.96. The van der Waals surface area contributed by atoms with Gasteiger partial charge in [-0.3, -0.25) is 4.79 Å². The first kappa shape index (κ1) is 14.8. The minimum Gasteiger partial charge on any atom is -0.507 e. The maximum absolute atomic E-state index is 12.2. The molecule has 3 aromatic rings. The summed E-state index contributed by atoms with van der Waals surface area (Å²) in [5, 5.41) is 10.3. The summed E-state index contributed by atoms with van der Waals surface area (Å²) in [6, 6.07) is 12.6. The van der Waals surface area contributed by atoms with Gasteiger partial charge in [-0.2, -0.15) is 0 Å². The molecule has 3 rings (SSSR count). The fraction of sp³-hybridized carbons (Fsp3) is 0.111. The molecule has 0 spiro atoms. The molecule has 0 saturated heterocycles. The van der Waals surface area contributed by atoms with E-state index in [0.717, 1.165) is 5.56 Å². The zero-order chi connectivity index (χ0) is 16.4. The van der Waals surface area contributed by atoms with Crippen molar-refractivity contribution in [3.05, 3.63) is 69.6 Å². The van der Waals surface area contributed by atoms with Crippen LogP contribution in [0.4, 0.5) is 0 Å². The zero-order valence-corrected chi connectivity index (χ0v) is 12.8. The minimum absolute atomic E-state index is 0.0769. The summed E-state index contributed by atoms with van der Waals surface area (Å²) in [6.07, 6.45) is 1.34. The number of benzene rings is 2. The Labute approximate surface area is 132 Å². The van der Waals surface area contributed by atoms with E-state index in [-0.39, 0.29) is 17.0 Å². The number of aromatic amines is 1. The number of methoxy groups -OCH3 is 1. The van der Waals surface area contributed by atoms with E-state index in [9.17, 15) is 9.90 Å². The van der Waals surface area contributed by atoms with Crippen LogP contribution >= 0.6 is 0 Å². The number of rotatable bonds is 3. The molecule has 0 unspecified atom stereocenters. The van der Waals surface area contributed by atoms with E-state index in [1.807, 2.05) is 25.1 Å². The van der Waals surface area contributed by atoms with Crippen LogP contribution in [-0.4, -0.2) is 22.2 Å². The van der Waals surface area contributed by atoms with Gasteiger partial charge in [0, 0.05) is 6.08 Å². The van der Waals surface area contributed by atoms with Crippen LogP contribution in [0.1, 0.15) is 16.8 Å². The molecular formula is C18H16N2O3. The Bertz CT molecular complexity index is 958. The van der Waals surface area contributed by atoms with E-state index in [0.29, 0.717) is 22.3 Å². The van der Waals surface area contributed by atoms with Crippen LogP contribution in [-0.2, 0) is 0 Å². The highest BCUT2D eigenvalue weighted by atomic mass is 16.5. The highest BCUT2D eigenvalue weighted by Gasteiger charge is 2.09. The molecule has 0 bridgehead atoms. The number of hydrogen-bond donors (Lipinski definition) is 2. The van der Waals surface area contributed by atoms with Gasteiger partial charge in [-0.1, -0.05) is 18.2 Å². The lowest BCUT2D eigenvalue weighted by Gasteiger charge is -2.07. The van der Waals surface area contributed by atoms with E-state index in [2.05, 4.69) is 9.97 Å². The van der Waals surface area contributed by atoms with Gasteiger partial charge in [-0.15, -0.1) is 0 Å². The number of para-hydroxylation sites is 1. The van der Waals surface area contributed by atoms with Crippen LogP contribution in [0.15, 0.2) is 47.3 Å². The average molecular weight is 308 g/mol. The van der Waals surface area contributed by atoms with Crippen LogP contribution in [0.2, 0.25) is 0 Å². The highest BCUT2D eigenvalue weighted by Crippen LogP contribution is 2.24. The molecule has 2 aromatic carbocycles. The molecule has 5 heteroatoms. The van der Waals surface area contributed by atoms with Crippen molar-refractivity contribution in [3.63, 3.8) is 0 Å². The van der Waals surface area contributed by atoms with E-state index in [4.69, 9.17) is 4.74 Å². The number of ether oxygens (including phenoxy) is 1. The van der Waals surface area contributed by atoms with Crippen LogP contribution in [0.3, 0.4) is 0 Å². The lowest BCUT2D eigenvalue weighted by atomic mass is 10.1. The summed E-state index contributed by atoms with van der Waals surface area (Å²) in [5.41, 5.74) is 2.66. The number of fused-ring (bicyclic) bond motifs is 1. The van der Waals surface area contributed by atoms with E-state index >= 15 is 0 Å². The Morgan fingerprint density at radius 1 is 1.26 bits per heavy atom. The highest BCUT2D eigenvalue weighted by molar-refractivity contribution is 5.81. The molecule has 0 fully saturated rings. The third kappa shape index (κ3) is 2.94. The van der Waals surface area contributed by atoms with Crippen molar-refractivity contribution in [2.45, 2.75) is 6.92 Å². The lowest BCUT2D eigenvalue weighted by molar-refractivity contribution is 0.409. The number of nitrogens with one attached hydrogen (secondary N) is 1. The Morgan fingerprint density at radius 2 is 2.04 bits per heavy atom. The fourth-order valence-corrected chi connectivity index (χ4v) is 2.38. The number of aliphatic hydroxyl groups is 1. The number of aryl methyl sites for hydroxylation is 1. The summed E-state index contributed by atoms with van der Waals surface area (Å²) in [6.45, 7) is 1.94. The van der Waals surface area contributed by atoms with Gasteiger partial charge in [0.25, 0.3) is 5.56 Å². The maximum atomic E-state index is 12.2. The first-order valence-electron chi connectivity index (χ1n) is 7.13. The number of nitrogens with zero attached hydrogens (tertiary/aromatic N) is 1. The van der Waals surface area contributed by atoms with Crippen molar-refractivity contribution < 1.29 is 9.84 Å². The number of aliphatic hydroxyl groups excluding tert-OH is 1.